The first-order valence-electron chi connectivity index (χ1n) is 7.36. The molecule has 1 unspecified atom stereocenters. The number of carboxylic acid groups (broad SMARTS) is 1. The summed E-state index contributed by atoms with van der Waals surface area (Å²) in [6.07, 6.45) is 3.56. The van der Waals surface area contributed by atoms with Gasteiger partial charge >= 0.3 is 5.97 Å². The molecule has 3 rings (SSSR count). The largest absolute Gasteiger partial charge is 0.480 e. The summed E-state index contributed by atoms with van der Waals surface area (Å²) in [5.41, 5.74) is -0.0572. The van der Waals surface area contributed by atoms with Crippen LogP contribution in [0, 0.1) is 11.7 Å². The van der Waals surface area contributed by atoms with Gasteiger partial charge in [0, 0.05) is 0 Å². The van der Waals surface area contributed by atoms with Crippen molar-refractivity contribution in [2.24, 2.45) is 5.92 Å². The zero-order valence-electron chi connectivity index (χ0n) is 12.4. The molecule has 2 N–H and O–H groups in total. The molecule has 1 saturated carbocycles. The molecule has 2 aromatic rings. The van der Waals surface area contributed by atoms with Crippen molar-refractivity contribution >= 4 is 23.5 Å². The number of hydrogen-bond donors (Lipinski definition) is 2. The number of carbonyl (C=O) groups is 2. The summed E-state index contributed by atoms with van der Waals surface area (Å²) in [7, 11) is 0. The Balaban J connectivity index is 1.75. The van der Waals surface area contributed by atoms with Gasteiger partial charge in [0.1, 0.15) is 11.7 Å². The molecule has 1 amide bonds. The molecule has 9 heteroatoms. The van der Waals surface area contributed by atoms with Crippen LogP contribution in [0.1, 0.15) is 29.8 Å². The second-order valence-corrected chi connectivity index (χ2v) is 6.07. The fraction of sp³-hybridized carbons (Fsp3) is 0.333. The molecule has 1 aliphatic rings. The number of aromatic nitrogens is 3. The van der Waals surface area contributed by atoms with Gasteiger partial charge in [-0.1, -0.05) is 35.7 Å². The lowest BCUT2D eigenvalue weighted by molar-refractivity contribution is -0.139. The molecule has 1 atom stereocenters. The van der Waals surface area contributed by atoms with E-state index < -0.39 is 23.7 Å². The van der Waals surface area contributed by atoms with E-state index in [1.807, 2.05) is 0 Å². The van der Waals surface area contributed by atoms with Gasteiger partial charge in [-0.2, -0.15) is 0 Å². The topological polar surface area (TPSA) is 97.1 Å². The summed E-state index contributed by atoms with van der Waals surface area (Å²) in [6, 6.07) is 3.39. The Morgan fingerprint density at radius 1 is 1.46 bits per heavy atom. The Morgan fingerprint density at radius 2 is 2.21 bits per heavy atom. The molecule has 0 saturated heterocycles. The van der Waals surface area contributed by atoms with Gasteiger partial charge in [0.15, 0.2) is 11.5 Å². The SMILES string of the molecule is O=C(NC(CC1CC1)C(=O)O)c1cn(-c2cccc(Cl)c2F)nn1. The number of hydrogen-bond acceptors (Lipinski definition) is 4. The highest BCUT2D eigenvalue weighted by Crippen LogP contribution is 2.33. The third kappa shape index (κ3) is 3.53. The second kappa shape index (κ2) is 6.56. The van der Waals surface area contributed by atoms with Crippen LogP contribution in [-0.4, -0.2) is 38.0 Å². The average Bonchev–Trinajstić information content (AvgIpc) is 3.22. The molecule has 7 nitrogen and oxygen atoms in total. The smallest absolute Gasteiger partial charge is 0.326 e. The highest BCUT2D eigenvalue weighted by molar-refractivity contribution is 6.30. The number of benzene rings is 1. The normalized spacial score (nSPS) is 15.1. The maximum atomic E-state index is 14.0. The molecule has 1 aromatic heterocycles. The first-order chi connectivity index (χ1) is 11.5. The molecule has 1 heterocycles. The van der Waals surface area contributed by atoms with E-state index in [1.165, 1.54) is 24.4 Å². The molecule has 0 spiro atoms. The third-order valence-corrected chi connectivity index (χ3v) is 4.07. The van der Waals surface area contributed by atoms with Crippen molar-refractivity contribution in [1.82, 2.24) is 20.3 Å². The Bertz CT molecular complexity index is 791. The zero-order chi connectivity index (χ0) is 17.3. The maximum Gasteiger partial charge on any atom is 0.326 e. The number of nitrogens with one attached hydrogen (secondary N) is 1. The quantitative estimate of drug-likeness (QED) is 0.829. The molecule has 0 bridgehead atoms. The van der Waals surface area contributed by atoms with E-state index in [9.17, 15) is 19.1 Å². The summed E-state index contributed by atoms with van der Waals surface area (Å²) in [5.74, 6) is -2.11. The molecular weight excluding hydrogens is 339 g/mol. The van der Waals surface area contributed by atoms with Gasteiger partial charge in [0.25, 0.3) is 5.91 Å². The van der Waals surface area contributed by atoms with Crippen molar-refractivity contribution in [3.05, 3.63) is 40.9 Å². The highest BCUT2D eigenvalue weighted by Gasteiger charge is 2.31. The standard InChI is InChI=1S/C15H14ClFN4O3/c16-9-2-1-3-12(13(9)17)21-7-11(19-20-21)14(22)18-10(15(23)24)6-8-4-5-8/h1-3,7-8,10H,4-6H2,(H,18,22)(H,23,24). The van der Waals surface area contributed by atoms with Crippen LogP contribution in [0.5, 0.6) is 0 Å². The predicted octanol–water partition coefficient (Wildman–Crippen LogP) is 2.04. The molecule has 24 heavy (non-hydrogen) atoms. The molecule has 1 aromatic carbocycles. The van der Waals surface area contributed by atoms with Crippen LogP contribution < -0.4 is 5.32 Å². The van der Waals surface area contributed by atoms with Crippen molar-refractivity contribution in [2.75, 3.05) is 0 Å². The zero-order valence-corrected chi connectivity index (χ0v) is 13.2. The van der Waals surface area contributed by atoms with Crippen molar-refractivity contribution in [2.45, 2.75) is 25.3 Å². The molecule has 1 aliphatic carbocycles. The van der Waals surface area contributed by atoms with Gasteiger partial charge in [-0.3, -0.25) is 4.79 Å². The van der Waals surface area contributed by atoms with Gasteiger partial charge in [-0.25, -0.2) is 13.9 Å². The predicted molar refractivity (Wildman–Crippen MR) is 82.6 cm³/mol. The Morgan fingerprint density at radius 3 is 2.88 bits per heavy atom. The number of carbonyl (C=O) groups excluding carboxylic acids is 1. The number of aliphatic carboxylic acids is 1. The van der Waals surface area contributed by atoms with E-state index in [0.29, 0.717) is 12.3 Å². The van der Waals surface area contributed by atoms with Crippen LogP contribution in [0.15, 0.2) is 24.4 Å². The van der Waals surface area contributed by atoms with Crippen LogP contribution >= 0.6 is 11.6 Å². The molecule has 126 valence electrons. The second-order valence-electron chi connectivity index (χ2n) is 5.66. The van der Waals surface area contributed by atoms with E-state index in [4.69, 9.17) is 11.6 Å². The summed E-state index contributed by atoms with van der Waals surface area (Å²) < 4.78 is 15.0. The van der Waals surface area contributed by atoms with Crippen LogP contribution in [0.25, 0.3) is 5.69 Å². The average molecular weight is 353 g/mol. The lowest BCUT2D eigenvalue weighted by Gasteiger charge is -2.12. The van der Waals surface area contributed by atoms with Crippen LogP contribution in [-0.2, 0) is 4.79 Å². The maximum absolute atomic E-state index is 14.0. The third-order valence-electron chi connectivity index (χ3n) is 3.77. The van der Waals surface area contributed by atoms with Crippen molar-refractivity contribution < 1.29 is 19.1 Å². The minimum Gasteiger partial charge on any atom is -0.480 e. The molecular formula is C15H14ClFN4O3. The monoisotopic (exact) mass is 352 g/mol. The first kappa shape index (κ1) is 16.4. The number of amides is 1. The van der Waals surface area contributed by atoms with Gasteiger partial charge in [0.05, 0.1) is 11.2 Å². The minimum atomic E-state index is -1.09. The van der Waals surface area contributed by atoms with Crippen LogP contribution in [0.3, 0.4) is 0 Å². The fourth-order valence-corrected chi connectivity index (χ4v) is 2.47. The molecule has 1 fully saturated rings. The van der Waals surface area contributed by atoms with Crippen LogP contribution in [0.2, 0.25) is 5.02 Å². The van der Waals surface area contributed by atoms with Gasteiger partial charge < -0.3 is 10.4 Å². The van der Waals surface area contributed by atoms with Crippen molar-refractivity contribution in [3.63, 3.8) is 0 Å². The Hall–Kier alpha value is -2.48. The van der Waals surface area contributed by atoms with E-state index in [2.05, 4.69) is 15.6 Å². The summed E-state index contributed by atoms with van der Waals surface area (Å²) in [4.78, 5) is 23.4. The molecule has 0 aliphatic heterocycles. The summed E-state index contributed by atoms with van der Waals surface area (Å²) in [5, 5.41) is 18.9. The van der Waals surface area contributed by atoms with Crippen LogP contribution in [0.4, 0.5) is 4.39 Å². The lowest BCUT2D eigenvalue weighted by Crippen LogP contribution is -2.41. The highest BCUT2D eigenvalue weighted by atomic mass is 35.5. The Kier molecular flexibility index (Phi) is 4.48. The number of carboxylic acids is 1. The van der Waals surface area contributed by atoms with Crippen molar-refractivity contribution in [1.29, 1.82) is 0 Å². The van der Waals surface area contributed by atoms with Gasteiger partial charge in [-0.15, -0.1) is 5.10 Å². The number of halogens is 2. The fourth-order valence-electron chi connectivity index (χ4n) is 2.30. The number of nitrogens with zero attached hydrogens (tertiary/aromatic N) is 3. The first-order valence-corrected chi connectivity index (χ1v) is 7.74. The van der Waals surface area contributed by atoms with E-state index in [1.54, 1.807) is 0 Å². The van der Waals surface area contributed by atoms with Crippen molar-refractivity contribution in [3.8, 4) is 5.69 Å². The van der Waals surface area contributed by atoms with Gasteiger partial charge in [0.2, 0.25) is 0 Å². The van der Waals surface area contributed by atoms with E-state index in [-0.39, 0.29) is 16.4 Å². The summed E-state index contributed by atoms with van der Waals surface area (Å²) >= 11 is 5.71. The van der Waals surface area contributed by atoms with Gasteiger partial charge in [-0.05, 0) is 24.5 Å². The minimum absolute atomic E-state index is 0.0433. The Labute approximate surface area is 141 Å². The number of rotatable bonds is 6. The van der Waals surface area contributed by atoms with E-state index in [0.717, 1.165) is 17.5 Å². The lowest BCUT2D eigenvalue weighted by atomic mass is 10.1. The summed E-state index contributed by atoms with van der Waals surface area (Å²) in [6.45, 7) is 0. The van der Waals surface area contributed by atoms with E-state index >= 15 is 0 Å². The molecule has 0 radical (unpaired) electrons.